The van der Waals surface area contributed by atoms with E-state index < -0.39 is 11.6 Å². The fourth-order valence-electron chi connectivity index (χ4n) is 3.65. The van der Waals surface area contributed by atoms with Crippen molar-refractivity contribution in [3.05, 3.63) is 70.8 Å². The molecule has 2 aromatic rings. The second-order valence-corrected chi connectivity index (χ2v) is 7.00. The summed E-state index contributed by atoms with van der Waals surface area (Å²) in [6.45, 7) is 5.57. The Morgan fingerprint density at radius 2 is 1.73 bits per heavy atom. The molecule has 0 radical (unpaired) electrons. The molecule has 1 fully saturated rings. The summed E-state index contributed by atoms with van der Waals surface area (Å²) in [5, 5.41) is 9.46. The topological polar surface area (TPSA) is 26.7 Å². The van der Waals surface area contributed by atoms with Crippen LogP contribution in [0.1, 0.15) is 23.1 Å². The van der Waals surface area contributed by atoms with Crippen LogP contribution in [0.15, 0.2) is 42.5 Å². The molecule has 1 heterocycles. The lowest BCUT2D eigenvalue weighted by Crippen LogP contribution is -2.52. The van der Waals surface area contributed by atoms with E-state index in [1.165, 1.54) is 29.3 Å². The SMILES string of the molecule is Cc1ccccc1CN1CCN(Cc2c(F)cccc2F)CC1CCO. The number of piperazine rings is 1. The quantitative estimate of drug-likeness (QED) is 0.856. The molecule has 0 bridgehead atoms. The highest BCUT2D eigenvalue weighted by Gasteiger charge is 2.28. The average Bonchev–Trinajstić information content (AvgIpc) is 2.62. The number of aryl methyl sites for hydroxylation is 1. The van der Waals surface area contributed by atoms with Gasteiger partial charge in [-0.15, -0.1) is 0 Å². The molecule has 1 N–H and O–H groups in total. The zero-order chi connectivity index (χ0) is 18.5. The lowest BCUT2D eigenvalue weighted by molar-refractivity contribution is 0.0488. The van der Waals surface area contributed by atoms with Gasteiger partial charge in [0.25, 0.3) is 0 Å². The fourth-order valence-corrected chi connectivity index (χ4v) is 3.65. The summed E-state index contributed by atoms with van der Waals surface area (Å²) in [4.78, 5) is 4.45. The minimum absolute atomic E-state index is 0.108. The number of hydrogen-bond donors (Lipinski definition) is 1. The van der Waals surface area contributed by atoms with E-state index in [-0.39, 0.29) is 24.8 Å². The van der Waals surface area contributed by atoms with Gasteiger partial charge >= 0.3 is 0 Å². The van der Waals surface area contributed by atoms with Crippen LogP contribution >= 0.6 is 0 Å². The monoisotopic (exact) mass is 360 g/mol. The van der Waals surface area contributed by atoms with Gasteiger partial charge in [-0.2, -0.15) is 0 Å². The highest BCUT2D eigenvalue weighted by molar-refractivity contribution is 5.25. The van der Waals surface area contributed by atoms with E-state index in [4.69, 9.17) is 0 Å². The van der Waals surface area contributed by atoms with Gasteiger partial charge in [-0.25, -0.2) is 8.78 Å². The smallest absolute Gasteiger partial charge is 0.130 e. The van der Waals surface area contributed by atoms with Gasteiger partial charge in [0.05, 0.1) is 0 Å². The molecule has 0 aromatic heterocycles. The molecule has 1 saturated heterocycles. The minimum Gasteiger partial charge on any atom is -0.396 e. The van der Waals surface area contributed by atoms with Crippen LogP contribution in [0.4, 0.5) is 8.78 Å². The number of hydrogen-bond acceptors (Lipinski definition) is 3. The number of halogens is 2. The van der Waals surface area contributed by atoms with E-state index >= 15 is 0 Å². The Balaban J connectivity index is 1.69. The van der Waals surface area contributed by atoms with Crippen LogP contribution in [0.25, 0.3) is 0 Å². The summed E-state index contributed by atoms with van der Waals surface area (Å²) in [5.41, 5.74) is 2.66. The molecule has 1 aliphatic rings. The molecule has 5 heteroatoms. The van der Waals surface area contributed by atoms with Crippen molar-refractivity contribution in [1.82, 2.24) is 9.80 Å². The third-order valence-corrected chi connectivity index (χ3v) is 5.23. The second kappa shape index (κ2) is 8.71. The molecule has 0 aliphatic carbocycles. The van der Waals surface area contributed by atoms with E-state index in [0.717, 1.165) is 19.6 Å². The molecule has 2 aromatic carbocycles. The number of aliphatic hydroxyl groups excluding tert-OH is 1. The molecule has 3 rings (SSSR count). The van der Waals surface area contributed by atoms with Crippen LogP contribution in [0, 0.1) is 18.6 Å². The molecule has 3 nitrogen and oxygen atoms in total. The highest BCUT2D eigenvalue weighted by Crippen LogP contribution is 2.21. The third kappa shape index (κ3) is 4.47. The Morgan fingerprint density at radius 3 is 2.42 bits per heavy atom. The van der Waals surface area contributed by atoms with Crippen molar-refractivity contribution in [2.24, 2.45) is 0 Å². The summed E-state index contributed by atoms with van der Waals surface area (Å²) in [6.07, 6.45) is 0.655. The predicted molar refractivity (Wildman–Crippen MR) is 98.7 cm³/mol. The predicted octanol–water partition coefficient (Wildman–Crippen LogP) is 3.34. The van der Waals surface area contributed by atoms with Gasteiger partial charge in [-0.3, -0.25) is 9.80 Å². The molecular formula is C21H26F2N2O. The largest absolute Gasteiger partial charge is 0.396 e. The van der Waals surface area contributed by atoms with Gasteiger partial charge in [-0.1, -0.05) is 30.3 Å². The summed E-state index contributed by atoms with van der Waals surface area (Å²) in [5.74, 6) is -0.989. The molecule has 0 spiro atoms. The first-order valence-electron chi connectivity index (χ1n) is 9.13. The number of aliphatic hydroxyl groups is 1. The Bertz CT molecular complexity index is 717. The van der Waals surface area contributed by atoms with Gasteiger partial charge in [0.15, 0.2) is 0 Å². The van der Waals surface area contributed by atoms with Crippen molar-refractivity contribution >= 4 is 0 Å². The molecule has 140 valence electrons. The minimum atomic E-state index is -0.494. The molecule has 26 heavy (non-hydrogen) atoms. The molecule has 1 aliphatic heterocycles. The van der Waals surface area contributed by atoms with Crippen LogP contribution in [-0.4, -0.2) is 47.2 Å². The first-order chi connectivity index (χ1) is 12.6. The Morgan fingerprint density at radius 1 is 1.00 bits per heavy atom. The number of nitrogens with zero attached hydrogens (tertiary/aromatic N) is 2. The maximum Gasteiger partial charge on any atom is 0.130 e. The fraction of sp³-hybridized carbons (Fsp3) is 0.429. The van der Waals surface area contributed by atoms with Crippen molar-refractivity contribution in [3.8, 4) is 0 Å². The molecule has 0 amide bonds. The van der Waals surface area contributed by atoms with E-state index in [2.05, 4.69) is 28.9 Å². The Labute approximate surface area is 153 Å². The normalized spacial score (nSPS) is 19.0. The van der Waals surface area contributed by atoms with Gasteiger partial charge in [-0.05, 0) is 36.6 Å². The first kappa shape index (κ1) is 19.0. The van der Waals surface area contributed by atoms with E-state index in [1.807, 2.05) is 12.1 Å². The molecule has 0 saturated carbocycles. The zero-order valence-electron chi connectivity index (χ0n) is 15.2. The summed E-state index contributed by atoms with van der Waals surface area (Å²) in [7, 11) is 0. The molecular weight excluding hydrogens is 334 g/mol. The van der Waals surface area contributed by atoms with E-state index in [9.17, 15) is 13.9 Å². The van der Waals surface area contributed by atoms with Crippen LogP contribution in [-0.2, 0) is 13.1 Å². The van der Waals surface area contributed by atoms with Crippen molar-refractivity contribution < 1.29 is 13.9 Å². The van der Waals surface area contributed by atoms with E-state index in [1.54, 1.807) is 0 Å². The van der Waals surface area contributed by atoms with Crippen LogP contribution < -0.4 is 0 Å². The summed E-state index contributed by atoms with van der Waals surface area (Å²) in [6, 6.07) is 12.5. The lowest BCUT2D eigenvalue weighted by Gasteiger charge is -2.41. The zero-order valence-corrected chi connectivity index (χ0v) is 15.2. The Kier molecular flexibility index (Phi) is 6.35. The number of rotatable bonds is 6. The number of benzene rings is 2. The van der Waals surface area contributed by atoms with Crippen molar-refractivity contribution in [3.63, 3.8) is 0 Å². The Hall–Kier alpha value is -1.82. The van der Waals surface area contributed by atoms with Crippen LogP contribution in [0.3, 0.4) is 0 Å². The average molecular weight is 360 g/mol. The van der Waals surface area contributed by atoms with Crippen LogP contribution in [0.2, 0.25) is 0 Å². The molecule has 1 atom stereocenters. The third-order valence-electron chi connectivity index (χ3n) is 5.23. The van der Waals surface area contributed by atoms with Gasteiger partial charge in [0, 0.05) is 50.9 Å². The summed E-state index contributed by atoms with van der Waals surface area (Å²) < 4.78 is 27.9. The van der Waals surface area contributed by atoms with Crippen molar-refractivity contribution in [2.45, 2.75) is 32.5 Å². The highest BCUT2D eigenvalue weighted by atomic mass is 19.1. The van der Waals surface area contributed by atoms with Gasteiger partial charge in [0.2, 0.25) is 0 Å². The molecule has 1 unspecified atom stereocenters. The standard InChI is InChI=1S/C21H26F2N2O/c1-16-5-2-3-6-17(16)13-25-11-10-24(14-18(25)9-12-26)15-19-20(22)7-4-8-21(19)23/h2-8,18,26H,9-15H2,1H3. The maximum atomic E-state index is 13.9. The lowest BCUT2D eigenvalue weighted by atomic mass is 10.0. The summed E-state index contributed by atoms with van der Waals surface area (Å²) >= 11 is 0. The van der Waals surface area contributed by atoms with Crippen LogP contribution in [0.5, 0.6) is 0 Å². The maximum absolute atomic E-state index is 13.9. The van der Waals surface area contributed by atoms with Crippen molar-refractivity contribution in [2.75, 3.05) is 26.2 Å². The van der Waals surface area contributed by atoms with Gasteiger partial charge < -0.3 is 5.11 Å². The van der Waals surface area contributed by atoms with Crippen molar-refractivity contribution in [1.29, 1.82) is 0 Å². The second-order valence-electron chi connectivity index (χ2n) is 7.00. The van der Waals surface area contributed by atoms with Gasteiger partial charge in [0.1, 0.15) is 11.6 Å². The van der Waals surface area contributed by atoms with E-state index in [0.29, 0.717) is 13.0 Å². The first-order valence-corrected chi connectivity index (χ1v) is 9.13.